The molecule has 2 N–H and O–H groups in total. The number of urea groups is 1. The number of carboxylic acid groups (broad SMARTS) is 1. The highest BCUT2D eigenvalue weighted by Gasteiger charge is 2.27. The van der Waals surface area contributed by atoms with Crippen LogP contribution in [0.15, 0.2) is 6.20 Å². The highest BCUT2D eigenvalue weighted by atomic mass is 16.4. The molecule has 0 radical (unpaired) electrons. The second kappa shape index (κ2) is 6.11. The predicted molar refractivity (Wildman–Crippen MR) is 74.5 cm³/mol. The lowest BCUT2D eigenvalue weighted by Crippen LogP contribution is -2.45. The topological polar surface area (TPSA) is 100 Å². The molecule has 0 unspecified atom stereocenters. The zero-order chi connectivity index (χ0) is 15.5. The van der Waals surface area contributed by atoms with Crippen molar-refractivity contribution >= 4 is 12.0 Å². The van der Waals surface area contributed by atoms with Gasteiger partial charge in [0.2, 0.25) is 0 Å². The molecule has 1 saturated heterocycles. The molecule has 8 heteroatoms. The van der Waals surface area contributed by atoms with E-state index in [4.69, 9.17) is 5.11 Å². The van der Waals surface area contributed by atoms with Gasteiger partial charge in [-0.05, 0) is 18.3 Å². The van der Waals surface area contributed by atoms with E-state index in [9.17, 15) is 9.59 Å². The van der Waals surface area contributed by atoms with Crippen molar-refractivity contribution in [2.24, 2.45) is 5.41 Å². The number of carbonyl (C=O) groups excluding carboxylic acids is 1. The van der Waals surface area contributed by atoms with Crippen molar-refractivity contribution in [3.05, 3.63) is 11.9 Å². The van der Waals surface area contributed by atoms with Gasteiger partial charge < -0.3 is 15.3 Å². The van der Waals surface area contributed by atoms with E-state index in [-0.39, 0.29) is 19.1 Å². The van der Waals surface area contributed by atoms with Crippen molar-refractivity contribution in [2.45, 2.75) is 39.8 Å². The summed E-state index contributed by atoms with van der Waals surface area (Å²) in [6.07, 6.45) is 3.51. The number of hydrogen-bond donors (Lipinski definition) is 2. The smallest absolute Gasteiger partial charge is 0.325 e. The van der Waals surface area contributed by atoms with Gasteiger partial charge in [0.25, 0.3) is 0 Å². The van der Waals surface area contributed by atoms with E-state index in [1.165, 1.54) is 10.9 Å². The third kappa shape index (κ3) is 4.44. The van der Waals surface area contributed by atoms with Crippen molar-refractivity contribution < 1.29 is 14.7 Å². The minimum absolute atomic E-state index is 0.113. The third-order valence-electron chi connectivity index (χ3n) is 3.71. The SMILES string of the molecule is CC1(C)CCN(C(=O)NCc2cn(CC(=O)O)nn2)CC1. The van der Waals surface area contributed by atoms with Gasteiger partial charge in [-0.2, -0.15) is 0 Å². The predicted octanol–water partition coefficient (Wildman–Crippen LogP) is 0.694. The number of hydrogen-bond acceptors (Lipinski definition) is 4. The number of nitrogens with zero attached hydrogens (tertiary/aromatic N) is 4. The molecule has 1 aromatic heterocycles. The molecule has 1 aliphatic heterocycles. The van der Waals surface area contributed by atoms with E-state index in [0.717, 1.165) is 25.9 Å². The van der Waals surface area contributed by atoms with Gasteiger partial charge in [-0.1, -0.05) is 19.1 Å². The number of carboxylic acids is 1. The molecule has 0 spiro atoms. The average molecular weight is 295 g/mol. The lowest BCUT2D eigenvalue weighted by Gasteiger charge is -2.36. The molecule has 1 aromatic rings. The molecule has 21 heavy (non-hydrogen) atoms. The van der Waals surface area contributed by atoms with Crippen molar-refractivity contribution in [1.29, 1.82) is 0 Å². The fourth-order valence-electron chi connectivity index (χ4n) is 2.23. The van der Waals surface area contributed by atoms with Crippen LogP contribution in [0.5, 0.6) is 0 Å². The maximum atomic E-state index is 12.0. The second-order valence-electron chi connectivity index (χ2n) is 6.11. The first-order valence-corrected chi connectivity index (χ1v) is 6.99. The first kappa shape index (κ1) is 15.3. The Labute approximate surface area is 123 Å². The lowest BCUT2D eigenvalue weighted by molar-refractivity contribution is -0.137. The van der Waals surface area contributed by atoms with Crippen LogP contribution >= 0.6 is 0 Å². The van der Waals surface area contributed by atoms with Gasteiger partial charge in [0.1, 0.15) is 12.2 Å². The Bertz CT molecular complexity index is 516. The van der Waals surface area contributed by atoms with E-state index < -0.39 is 5.97 Å². The zero-order valence-corrected chi connectivity index (χ0v) is 12.4. The van der Waals surface area contributed by atoms with Crippen molar-refractivity contribution in [1.82, 2.24) is 25.2 Å². The molecule has 2 heterocycles. The van der Waals surface area contributed by atoms with Crippen molar-refractivity contribution in [3.63, 3.8) is 0 Å². The lowest BCUT2D eigenvalue weighted by atomic mass is 9.83. The summed E-state index contributed by atoms with van der Waals surface area (Å²) in [6.45, 7) is 5.95. The fourth-order valence-corrected chi connectivity index (χ4v) is 2.23. The molecule has 116 valence electrons. The van der Waals surface area contributed by atoms with E-state index in [0.29, 0.717) is 11.1 Å². The van der Waals surface area contributed by atoms with Gasteiger partial charge >= 0.3 is 12.0 Å². The van der Waals surface area contributed by atoms with E-state index in [2.05, 4.69) is 29.5 Å². The number of likely N-dealkylation sites (tertiary alicyclic amines) is 1. The average Bonchev–Trinajstić information content (AvgIpc) is 2.82. The molecular weight excluding hydrogens is 274 g/mol. The van der Waals surface area contributed by atoms with E-state index in [1.54, 1.807) is 4.90 Å². The summed E-state index contributed by atoms with van der Waals surface area (Å²) in [5.74, 6) is -0.980. The number of rotatable bonds is 4. The minimum Gasteiger partial charge on any atom is -0.480 e. The minimum atomic E-state index is -0.980. The fraction of sp³-hybridized carbons (Fsp3) is 0.692. The van der Waals surface area contributed by atoms with Crippen LogP contribution in [0.2, 0.25) is 0 Å². The highest BCUT2D eigenvalue weighted by molar-refractivity contribution is 5.74. The van der Waals surface area contributed by atoms with Crippen molar-refractivity contribution in [3.8, 4) is 0 Å². The number of nitrogens with one attached hydrogen (secondary N) is 1. The van der Waals surface area contributed by atoms with Gasteiger partial charge in [0, 0.05) is 13.1 Å². The molecule has 1 fully saturated rings. The Morgan fingerprint density at radius 2 is 2.05 bits per heavy atom. The number of aliphatic carboxylic acids is 1. The summed E-state index contributed by atoms with van der Waals surface area (Å²) in [7, 11) is 0. The first-order valence-electron chi connectivity index (χ1n) is 6.99. The standard InChI is InChI=1S/C13H21N5O3/c1-13(2)3-5-17(6-4-13)12(21)14-7-10-8-18(16-15-10)9-11(19)20/h8H,3-7,9H2,1-2H3,(H,14,21)(H,19,20). The molecule has 0 saturated carbocycles. The van der Waals surface area contributed by atoms with Crippen LogP contribution in [-0.4, -0.2) is 50.1 Å². The molecule has 2 rings (SSSR count). The Balaban J connectivity index is 1.79. The monoisotopic (exact) mass is 295 g/mol. The number of carbonyl (C=O) groups is 2. The summed E-state index contributed by atoms with van der Waals surface area (Å²) < 4.78 is 1.23. The van der Waals surface area contributed by atoms with Crippen LogP contribution in [0.1, 0.15) is 32.4 Å². The van der Waals surface area contributed by atoms with Crippen LogP contribution < -0.4 is 5.32 Å². The van der Waals surface area contributed by atoms with E-state index in [1.807, 2.05) is 0 Å². The normalized spacial score (nSPS) is 17.5. The summed E-state index contributed by atoms with van der Waals surface area (Å²) in [5.41, 5.74) is 0.845. The summed E-state index contributed by atoms with van der Waals surface area (Å²) >= 11 is 0. The summed E-state index contributed by atoms with van der Waals surface area (Å²) in [4.78, 5) is 24.4. The van der Waals surface area contributed by atoms with Crippen molar-refractivity contribution in [2.75, 3.05) is 13.1 Å². The molecule has 0 aliphatic carbocycles. The number of aromatic nitrogens is 3. The van der Waals surface area contributed by atoms with Gasteiger partial charge in [0.15, 0.2) is 0 Å². The first-order chi connectivity index (χ1) is 9.85. The zero-order valence-electron chi connectivity index (χ0n) is 12.4. The molecule has 0 bridgehead atoms. The Morgan fingerprint density at radius 1 is 1.38 bits per heavy atom. The third-order valence-corrected chi connectivity index (χ3v) is 3.71. The van der Waals surface area contributed by atoms with Gasteiger partial charge in [0.05, 0.1) is 12.7 Å². The van der Waals surface area contributed by atoms with Crippen LogP contribution in [0.25, 0.3) is 0 Å². The van der Waals surface area contributed by atoms with Crippen LogP contribution in [0.3, 0.4) is 0 Å². The Hall–Kier alpha value is -2.12. The Kier molecular flexibility index (Phi) is 4.44. The molecule has 0 aromatic carbocycles. The van der Waals surface area contributed by atoms with E-state index >= 15 is 0 Å². The molecule has 2 amide bonds. The van der Waals surface area contributed by atoms with Gasteiger partial charge in [-0.15, -0.1) is 5.10 Å². The quantitative estimate of drug-likeness (QED) is 0.851. The number of amides is 2. The largest absolute Gasteiger partial charge is 0.480 e. The second-order valence-corrected chi connectivity index (χ2v) is 6.11. The molecule has 8 nitrogen and oxygen atoms in total. The maximum absolute atomic E-state index is 12.0. The van der Waals surface area contributed by atoms with Gasteiger partial charge in [-0.3, -0.25) is 4.79 Å². The summed E-state index contributed by atoms with van der Waals surface area (Å²) in [6, 6.07) is -0.113. The molecule has 0 atom stereocenters. The van der Waals surface area contributed by atoms with Crippen LogP contribution in [-0.2, 0) is 17.9 Å². The molecular formula is C13H21N5O3. The number of piperidine rings is 1. The summed E-state index contributed by atoms with van der Waals surface area (Å²) in [5, 5.41) is 18.9. The van der Waals surface area contributed by atoms with Crippen LogP contribution in [0.4, 0.5) is 4.79 Å². The molecule has 1 aliphatic rings. The Morgan fingerprint density at radius 3 is 2.67 bits per heavy atom. The van der Waals surface area contributed by atoms with Gasteiger partial charge in [-0.25, -0.2) is 9.48 Å². The maximum Gasteiger partial charge on any atom is 0.325 e. The van der Waals surface area contributed by atoms with Crippen LogP contribution in [0, 0.1) is 5.41 Å². The highest BCUT2D eigenvalue weighted by Crippen LogP contribution is 2.29.